The van der Waals surface area contributed by atoms with E-state index in [-0.39, 0.29) is 5.91 Å². The molecule has 0 bridgehead atoms. The van der Waals surface area contributed by atoms with Gasteiger partial charge in [-0.15, -0.1) is 0 Å². The zero-order valence-electron chi connectivity index (χ0n) is 12.3. The van der Waals surface area contributed by atoms with E-state index >= 15 is 0 Å². The minimum absolute atomic E-state index is 0.168. The van der Waals surface area contributed by atoms with Gasteiger partial charge < -0.3 is 10.4 Å². The molecule has 1 aromatic rings. The van der Waals surface area contributed by atoms with Crippen molar-refractivity contribution >= 4 is 5.91 Å². The predicted octanol–water partition coefficient (Wildman–Crippen LogP) is 1.77. The van der Waals surface area contributed by atoms with Gasteiger partial charge in [0.15, 0.2) is 0 Å². The molecule has 0 radical (unpaired) electrons. The second kappa shape index (κ2) is 6.31. The van der Waals surface area contributed by atoms with Crippen molar-refractivity contribution in [2.45, 2.75) is 58.0 Å². The van der Waals surface area contributed by atoms with Gasteiger partial charge in [-0.05, 0) is 32.3 Å². The zero-order chi connectivity index (χ0) is 14.6. The molecule has 0 saturated heterocycles. The lowest BCUT2D eigenvalue weighted by Crippen LogP contribution is -2.44. The molecule has 1 fully saturated rings. The number of nitrogens with one attached hydrogen (secondary N) is 1. The van der Waals surface area contributed by atoms with Crippen molar-refractivity contribution in [3.63, 3.8) is 0 Å². The van der Waals surface area contributed by atoms with Crippen LogP contribution in [-0.4, -0.2) is 33.4 Å². The molecule has 0 aromatic carbocycles. The van der Waals surface area contributed by atoms with Crippen molar-refractivity contribution < 1.29 is 9.90 Å². The fourth-order valence-electron chi connectivity index (χ4n) is 2.70. The second-order valence-electron chi connectivity index (χ2n) is 5.67. The number of rotatable bonds is 4. The molecule has 0 aliphatic heterocycles. The highest BCUT2D eigenvalue weighted by atomic mass is 16.3. The van der Waals surface area contributed by atoms with Crippen LogP contribution in [0.1, 0.15) is 60.8 Å². The number of hydrogen-bond acceptors (Lipinski definition) is 4. The molecule has 0 spiro atoms. The maximum atomic E-state index is 12.3. The first-order valence-electron chi connectivity index (χ1n) is 7.38. The lowest BCUT2D eigenvalue weighted by atomic mass is 9.85. The number of aliphatic hydroxyl groups is 1. The molecule has 5 nitrogen and oxygen atoms in total. The highest BCUT2D eigenvalue weighted by Crippen LogP contribution is 2.27. The maximum absolute atomic E-state index is 12.3. The normalized spacial score (nSPS) is 17.8. The van der Waals surface area contributed by atoms with Gasteiger partial charge in [0.2, 0.25) is 0 Å². The summed E-state index contributed by atoms with van der Waals surface area (Å²) in [6.45, 7) is 4.08. The van der Waals surface area contributed by atoms with Crippen LogP contribution in [0.2, 0.25) is 0 Å². The van der Waals surface area contributed by atoms with Gasteiger partial charge in [0.1, 0.15) is 0 Å². The molecule has 0 atom stereocenters. The molecule has 1 heterocycles. The van der Waals surface area contributed by atoms with Gasteiger partial charge in [-0.2, -0.15) is 10.2 Å². The highest BCUT2D eigenvalue weighted by molar-refractivity contribution is 5.95. The lowest BCUT2D eigenvalue weighted by Gasteiger charge is -2.32. The van der Waals surface area contributed by atoms with Crippen molar-refractivity contribution in [1.82, 2.24) is 15.5 Å². The van der Waals surface area contributed by atoms with Crippen LogP contribution in [0.3, 0.4) is 0 Å². The topological polar surface area (TPSA) is 75.1 Å². The Morgan fingerprint density at radius 2 is 2.05 bits per heavy atom. The molecule has 1 amide bonds. The lowest BCUT2D eigenvalue weighted by molar-refractivity contribution is 0.00524. The van der Waals surface area contributed by atoms with Crippen LogP contribution in [0.15, 0.2) is 6.07 Å². The Morgan fingerprint density at radius 1 is 1.35 bits per heavy atom. The summed E-state index contributed by atoms with van der Waals surface area (Å²) in [6.07, 6.45) is 5.43. The van der Waals surface area contributed by atoms with Crippen LogP contribution in [0, 0.1) is 6.92 Å². The van der Waals surface area contributed by atoms with E-state index in [0.29, 0.717) is 24.2 Å². The summed E-state index contributed by atoms with van der Waals surface area (Å²) in [5, 5.41) is 21.3. The number of carbonyl (C=O) groups excluding carboxylic acids is 1. The van der Waals surface area contributed by atoms with Crippen molar-refractivity contribution in [2.75, 3.05) is 6.54 Å². The number of aryl methyl sites for hydroxylation is 2. The van der Waals surface area contributed by atoms with Crippen molar-refractivity contribution in [2.24, 2.45) is 0 Å². The standard InChI is InChI=1S/C15H23N3O2/c1-3-13-12(9-11(2)17-18-13)14(19)16-10-15(20)7-5-4-6-8-15/h9,20H,3-8,10H2,1-2H3,(H,16,19). The largest absolute Gasteiger partial charge is 0.388 e. The molecule has 110 valence electrons. The third-order valence-corrected chi connectivity index (χ3v) is 3.93. The summed E-state index contributed by atoms with van der Waals surface area (Å²) in [4.78, 5) is 12.3. The molecule has 1 aliphatic rings. The maximum Gasteiger partial charge on any atom is 0.253 e. The molecule has 1 saturated carbocycles. The van der Waals surface area contributed by atoms with Gasteiger partial charge in [-0.3, -0.25) is 4.79 Å². The van der Waals surface area contributed by atoms with E-state index < -0.39 is 5.60 Å². The molecule has 2 N–H and O–H groups in total. The smallest absolute Gasteiger partial charge is 0.253 e. The molecule has 1 aliphatic carbocycles. The molecular weight excluding hydrogens is 254 g/mol. The van der Waals surface area contributed by atoms with E-state index in [1.807, 2.05) is 13.8 Å². The van der Waals surface area contributed by atoms with Gasteiger partial charge in [0, 0.05) is 6.54 Å². The van der Waals surface area contributed by atoms with Gasteiger partial charge in [-0.1, -0.05) is 26.2 Å². The second-order valence-corrected chi connectivity index (χ2v) is 5.67. The van der Waals surface area contributed by atoms with Crippen LogP contribution >= 0.6 is 0 Å². The summed E-state index contributed by atoms with van der Waals surface area (Å²) in [5.74, 6) is -0.168. The van der Waals surface area contributed by atoms with E-state index in [1.54, 1.807) is 6.07 Å². The number of carbonyl (C=O) groups is 1. The first-order valence-corrected chi connectivity index (χ1v) is 7.38. The minimum atomic E-state index is -0.740. The van der Waals surface area contributed by atoms with E-state index in [9.17, 15) is 9.90 Å². The monoisotopic (exact) mass is 277 g/mol. The van der Waals surface area contributed by atoms with Gasteiger partial charge in [0.25, 0.3) is 5.91 Å². The van der Waals surface area contributed by atoms with E-state index in [2.05, 4.69) is 15.5 Å². The molecule has 20 heavy (non-hydrogen) atoms. The van der Waals surface area contributed by atoms with Crippen LogP contribution < -0.4 is 5.32 Å². The quantitative estimate of drug-likeness (QED) is 0.879. The summed E-state index contributed by atoms with van der Waals surface area (Å²) >= 11 is 0. The Balaban J connectivity index is 2.03. The van der Waals surface area contributed by atoms with Gasteiger partial charge in [-0.25, -0.2) is 0 Å². The molecule has 1 aromatic heterocycles. The Bertz CT molecular complexity index is 482. The van der Waals surface area contributed by atoms with Crippen molar-refractivity contribution in [3.05, 3.63) is 23.0 Å². The van der Waals surface area contributed by atoms with Crippen LogP contribution in [-0.2, 0) is 6.42 Å². The molecule has 2 rings (SSSR count). The van der Waals surface area contributed by atoms with E-state index in [1.165, 1.54) is 6.42 Å². The van der Waals surface area contributed by atoms with Crippen molar-refractivity contribution in [3.8, 4) is 0 Å². The number of aromatic nitrogens is 2. The van der Waals surface area contributed by atoms with Crippen LogP contribution in [0.4, 0.5) is 0 Å². The van der Waals surface area contributed by atoms with E-state index in [0.717, 1.165) is 31.4 Å². The number of nitrogens with zero attached hydrogens (tertiary/aromatic N) is 2. The summed E-state index contributed by atoms with van der Waals surface area (Å²) in [6, 6.07) is 1.76. The fourth-order valence-corrected chi connectivity index (χ4v) is 2.70. The Hall–Kier alpha value is -1.49. The summed E-state index contributed by atoms with van der Waals surface area (Å²) in [7, 11) is 0. The predicted molar refractivity (Wildman–Crippen MR) is 76.5 cm³/mol. The zero-order valence-corrected chi connectivity index (χ0v) is 12.3. The average Bonchev–Trinajstić information content (AvgIpc) is 2.45. The SMILES string of the molecule is CCc1nnc(C)cc1C(=O)NCC1(O)CCCCC1. The number of hydrogen-bond donors (Lipinski definition) is 2. The third-order valence-electron chi connectivity index (χ3n) is 3.93. The number of amides is 1. The van der Waals surface area contributed by atoms with Crippen LogP contribution in [0.5, 0.6) is 0 Å². The first kappa shape index (κ1) is 14.9. The molecule has 5 heteroatoms. The van der Waals surface area contributed by atoms with Gasteiger partial charge >= 0.3 is 0 Å². The molecular formula is C15H23N3O2. The minimum Gasteiger partial charge on any atom is -0.388 e. The van der Waals surface area contributed by atoms with Crippen LogP contribution in [0.25, 0.3) is 0 Å². The van der Waals surface area contributed by atoms with E-state index in [4.69, 9.17) is 0 Å². The highest BCUT2D eigenvalue weighted by Gasteiger charge is 2.29. The fraction of sp³-hybridized carbons (Fsp3) is 0.667. The summed E-state index contributed by atoms with van der Waals surface area (Å²) in [5.41, 5.74) is 1.25. The Kier molecular flexibility index (Phi) is 4.70. The molecule has 0 unspecified atom stereocenters. The van der Waals surface area contributed by atoms with Gasteiger partial charge in [0.05, 0.1) is 22.6 Å². The third kappa shape index (κ3) is 3.54. The average molecular weight is 277 g/mol. The first-order chi connectivity index (χ1) is 9.54. The Labute approximate surface area is 119 Å². The Morgan fingerprint density at radius 3 is 2.70 bits per heavy atom. The van der Waals surface area contributed by atoms with Crippen molar-refractivity contribution in [1.29, 1.82) is 0 Å². The summed E-state index contributed by atoms with van der Waals surface area (Å²) < 4.78 is 0.